The number of aryl methyl sites for hydroxylation is 1. The van der Waals surface area contributed by atoms with Gasteiger partial charge < -0.3 is 10.1 Å². The van der Waals surface area contributed by atoms with Crippen LogP contribution in [0, 0.1) is 5.82 Å². The van der Waals surface area contributed by atoms with Gasteiger partial charge in [0.05, 0.1) is 0 Å². The monoisotopic (exact) mass is 331 g/mol. The molecule has 0 bridgehead atoms. The second-order valence-corrected chi connectivity index (χ2v) is 5.86. The van der Waals surface area contributed by atoms with Gasteiger partial charge in [0.25, 0.3) is 0 Å². The number of H-pyrrole nitrogens is 1. The minimum atomic E-state index is -0.814. The number of carboxylic acid groups (broad SMARTS) is 1. The molecule has 0 aliphatic heterocycles. The van der Waals surface area contributed by atoms with Crippen LogP contribution in [0.4, 0.5) is 4.39 Å². The molecule has 3 aromatic rings. The third-order valence-corrected chi connectivity index (χ3v) is 4.05. The van der Waals surface area contributed by atoms with Crippen molar-refractivity contribution in [1.29, 1.82) is 0 Å². The van der Waals surface area contributed by atoms with Crippen molar-refractivity contribution in [3.8, 4) is 11.3 Å². The van der Waals surface area contributed by atoms with E-state index in [2.05, 4.69) is 4.98 Å². The Balaban J connectivity index is 2.07. The average Bonchev–Trinajstić information content (AvgIpc) is 2.86. The molecule has 118 valence electrons. The van der Waals surface area contributed by atoms with Crippen molar-refractivity contribution in [2.45, 2.75) is 19.3 Å². The minimum Gasteiger partial charge on any atom is -0.481 e. The standard InChI is InChI=1S/C18H15ClFNO2/c19-12-6-9-16-15(10-12)14(2-1-3-17(22)23)18(21-16)11-4-7-13(20)8-5-11/h4-10,21H,1-3H2,(H,22,23). The van der Waals surface area contributed by atoms with E-state index in [1.165, 1.54) is 12.1 Å². The van der Waals surface area contributed by atoms with E-state index < -0.39 is 5.97 Å². The fourth-order valence-corrected chi connectivity index (χ4v) is 2.93. The molecule has 5 heteroatoms. The summed E-state index contributed by atoms with van der Waals surface area (Å²) in [6, 6.07) is 11.8. The molecule has 0 radical (unpaired) electrons. The molecule has 0 saturated heterocycles. The highest BCUT2D eigenvalue weighted by atomic mass is 35.5. The van der Waals surface area contributed by atoms with Crippen molar-refractivity contribution < 1.29 is 14.3 Å². The molecule has 0 saturated carbocycles. The summed E-state index contributed by atoms with van der Waals surface area (Å²) >= 11 is 6.09. The molecular weight excluding hydrogens is 317 g/mol. The van der Waals surface area contributed by atoms with Gasteiger partial charge in [-0.3, -0.25) is 4.79 Å². The summed E-state index contributed by atoms with van der Waals surface area (Å²) in [6.07, 6.45) is 1.25. The van der Waals surface area contributed by atoms with Gasteiger partial charge >= 0.3 is 5.97 Å². The van der Waals surface area contributed by atoms with E-state index in [9.17, 15) is 9.18 Å². The van der Waals surface area contributed by atoms with E-state index in [4.69, 9.17) is 16.7 Å². The van der Waals surface area contributed by atoms with Crippen molar-refractivity contribution in [2.24, 2.45) is 0 Å². The predicted molar refractivity (Wildman–Crippen MR) is 89.3 cm³/mol. The SMILES string of the molecule is O=C(O)CCCc1c(-c2ccc(F)cc2)[nH]c2ccc(Cl)cc12. The van der Waals surface area contributed by atoms with E-state index in [0.29, 0.717) is 17.9 Å². The molecule has 0 aliphatic carbocycles. The largest absolute Gasteiger partial charge is 0.481 e. The van der Waals surface area contributed by atoms with Crippen molar-refractivity contribution >= 4 is 28.5 Å². The van der Waals surface area contributed by atoms with Gasteiger partial charge in [-0.25, -0.2) is 4.39 Å². The number of benzene rings is 2. The number of fused-ring (bicyclic) bond motifs is 1. The second-order valence-electron chi connectivity index (χ2n) is 5.42. The van der Waals surface area contributed by atoms with Crippen LogP contribution in [0.1, 0.15) is 18.4 Å². The van der Waals surface area contributed by atoms with Gasteiger partial charge in [0.1, 0.15) is 5.82 Å². The average molecular weight is 332 g/mol. The fraction of sp³-hybridized carbons (Fsp3) is 0.167. The van der Waals surface area contributed by atoms with Gasteiger partial charge in [-0.05, 0) is 66.4 Å². The first-order chi connectivity index (χ1) is 11.0. The Hall–Kier alpha value is -2.33. The van der Waals surface area contributed by atoms with Gasteiger partial charge in [0.2, 0.25) is 0 Å². The number of rotatable bonds is 5. The van der Waals surface area contributed by atoms with Crippen LogP contribution >= 0.6 is 11.6 Å². The van der Waals surface area contributed by atoms with Crippen LogP contribution in [0.25, 0.3) is 22.2 Å². The number of carbonyl (C=O) groups is 1. The Kier molecular flexibility index (Phi) is 4.35. The van der Waals surface area contributed by atoms with Crippen LogP contribution < -0.4 is 0 Å². The summed E-state index contributed by atoms with van der Waals surface area (Å²) in [4.78, 5) is 14.1. The number of carboxylic acids is 1. The molecule has 0 spiro atoms. The maximum atomic E-state index is 13.2. The molecule has 1 heterocycles. The zero-order valence-corrected chi connectivity index (χ0v) is 13.0. The zero-order valence-electron chi connectivity index (χ0n) is 12.3. The summed E-state index contributed by atoms with van der Waals surface area (Å²) in [5.41, 5.74) is 3.69. The number of halogens is 2. The van der Waals surface area contributed by atoms with E-state index >= 15 is 0 Å². The van der Waals surface area contributed by atoms with Crippen molar-refractivity contribution in [3.05, 3.63) is 58.9 Å². The predicted octanol–water partition coefficient (Wildman–Crippen LogP) is 5.03. The van der Waals surface area contributed by atoms with Crippen LogP contribution in [0.3, 0.4) is 0 Å². The molecular formula is C18H15ClFNO2. The summed E-state index contributed by atoms with van der Waals surface area (Å²) in [5, 5.41) is 10.4. The number of nitrogens with one attached hydrogen (secondary N) is 1. The first-order valence-electron chi connectivity index (χ1n) is 7.32. The van der Waals surface area contributed by atoms with Crippen LogP contribution in [0.2, 0.25) is 5.02 Å². The third-order valence-electron chi connectivity index (χ3n) is 3.82. The quantitative estimate of drug-likeness (QED) is 0.688. The first kappa shape index (κ1) is 15.6. The Morgan fingerprint density at radius 1 is 1.17 bits per heavy atom. The highest BCUT2D eigenvalue weighted by Gasteiger charge is 2.14. The van der Waals surface area contributed by atoms with Crippen molar-refractivity contribution in [3.63, 3.8) is 0 Å². The molecule has 0 unspecified atom stereocenters. The molecule has 0 amide bonds. The maximum Gasteiger partial charge on any atom is 0.303 e. The molecule has 0 fully saturated rings. The number of aliphatic carboxylic acids is 1. The van der Waals surface area contributed by atoms with E-state index in [1.54, 1.807) is 18.2 Å². The molecule has 3 nitrogen and oxygen atoms in total. The molecule has 2 aromatic carbocycles. The van der Waals surface area contributed by atoms with E-state index in [0.717, 1.165) is 27.7 Å². The van der Waals surface area contributed by atoms with Gasteiger partial charge in [-0.1, -0.05) is 11.6 Å². The summed E-state index contributed by atoms with van der Waals surface area (Å²) < 4.78 is 13.2. The van der Waals surface area contributed by atoms with Crippen molar-refractivity contribution in [2.75, 3.05) is 0 Å². The Morgan fingerprint density at radius 2 is 1.91 bits per heavy atom. The minimum absolute atomic E-state index is 0.107. The summed E-state index contributed by atoms with van der Waals surface area (Å²) in [6.45, 7) is 0. The first-order valence-corrected chi connectivity index (χ1v) is 7.70. The molecule has 23 heavy (non-hydrogen) atoms. The van der Waals surface area contributed by atoms with Gasteiger partial charge in [0, 0.05) is 28.0 Å². The third kappa shape index (κ3) is 3.37. The Bertz CT molecular complexity index is 855. The molecule has 3 rings (SSSR count). The molecule has 2 N–H and O–H groups in total. The normalized spacial score (nSPS) is 11.0. The number of hydrogen-bond acceptors (Lipinski definition) is 1. The Morgan fingerprint density at radius 3 is 2.61 bits per heavy atom. The number of aromatic amines is 1. The molecule has 1 aromatic heterocycles. The topological polar surface area (TPSA) is 53.1 Å². The van der Waals surface area contributed by atoms with E-state index in [-0.39, 0.29) is 12.2 Å². The zero-order chi connectivity index (χ0) is 16.4. The lowest BCUT2D eigenvalue weighted by Gasteiger charge is -2.05. The van der Waals surface area contributed by atoms with Crippen LogP contribution in [0.5, 0.6) is 0 Å². The highest BCUT2D eigenvalue weighted by molar-refractivity contribution is 6.31. The van der Waals surface area contributed by atoms with Gasteiger partial charge in [-0.2, -0.15) is 0 Å². The fourth-order valence-electron chi connectivity index (χ4n) is 2.76. The van der Waals surface area contributed by atoms with Gasteiger partial charge in [0.15, 0.2) is 0 Å². The lowest BCUT2D eigenvalue weighted by atomic mass is 10.0. The van der Waals surface area contributed by atoms with Crippen LogP contribution in [-0.2, 0) is 11.2 Å². The van der Waals surface area contributed by atoms with Gasteiger partial charge in [-0.15, -0.1) is 0 Å². The summed E-state index contributed by atoms with van der Waals surface area (Å²) in [7, 11) is 0. The van der Waals surface area contributed by atoms with E-state index in [1.807, 2.05) is 12.1 Å². The van der Waals surface area contributed by atoms with Crippen LogP contribution in [-0.4, -0.2) is 16.1 Å². The van der Waals surface area contributed by atoms with Crippen molar-refractivity contribution in [1.82, 2.24) is 4.98 Å². The second kappa shape index (κ2) is 6.42. The summed E-state index contributed by atoms with van der Waals surface area (Å²) in [5.74, 6) is -1.11. The number of aromatic nitrogens is 1. The Labute approximate surface area is 137 Å². The smallest absolute Gasteiger partial charge is 0.303 e. The highest BCUT2D eigenvalue weighted by Crippen LogP contribution is 2.33. The van der Waals surface area contributed by atoms with Crippen LogP contribution in [0.15, 0.2) is 42.5 Å². The lowest BCUT2D eigenvalue weighted by Crippen LogP contribution is -1.96. The molecule has 0 atom stereocenters. The maximum absolute atomic E-state index is 13.2. The molecule has 0 aliphatic rings. The lowest BCUT2D eigenvalue weighted by molar-refractivity contribution is -0.137. The number of hydrogen-bond donors (Lipinski definition) is 2.